The molecule has 1 aromatic heterocycles. The summed E-state index contributed by atoms with van der Waals surface area (Å²) in [6, 6.07) is 7.94. The number of amides is 1. The number of thiophene rings is 1. The second kappa shape index (κ2) is 11.6. The Morgan fingerprint density at radius 1 is 1.32 bits per heavy atom. The third-order valence-corrected chi connectivity index (χ3v) is 7.28. The molecule has 186 valence electrons. The molecule has 34 heavy (non-hydrogen) atoms. The van der Waals surface area contributed by atoms with Gasteiger partial charge < -0.3 is 19.5 Å². The third kappa shape index (κ3) is 7.01. The van der Waals surface area contributed by atoms with Gasteiger partial charge in [-0.05, 0) is 68.2 Å². The first-order valence-electron chi connectivity index (χ1n) is 12.1. The molecular formula is C26H35FN2O4S. The molecule has 2 aliphatic rings. The predicted molar refractivity (Wildman–Crippen MR) is 131 cm³/mol. The standard InChI is InChI=1S/C26H35FN2O4S/c1-18(2)32-16-21(30)14-28(13-19-6-7-19)15-26(31)29-10-8-25-23(9-11-34-25)24(29)17-33-22-5-3-4-20(27)12-22/h3-5,9,11-12,18-19,21,24,30H,6-8,10,13-17H2,1-2H3/t21-,24-/m0/s1. The Kier molecular flexibility index (Phi) is 8.58. The molecule has 1 saturated carbocycles. The van der Waals surface area contributed by atoms with Crippen LogP contribution in [0.15, 0.2) is 35.7 Å². The first-order chi connectivity index (χ1) is 16.4. The van der Waals surface area contributed by atoms with Crippen LogP contribution in [0.2, 0.25) is 0 Å². The van der Waals surface area contributed by atoms with Gasteiger partial charge in [-0.1, -0.05) is 6.07 Å². The van der Waals surface area contributed by atoms with E-state index in [1.165, 1.54) is 29.9 Å². The Balaban J connectivity index is 1.43. The highest BCUT2D eigenvalue weighted by atomic mass is 32.1. The Morgan fingerprint density at radius 3 is 2.88 bits per heavy atom. The zero-order valence-electron chi connectivity index (χ0n) is 20.0. The van der Waals surface area contributed by atoms with Crippen molar-refractivity contribution >= 4 is 17.2 Å². The van der Waals surface area contributed by atoms with Crippen LogP contribution in [0, 0.1) is 11.7 Å². The average Bonchev–Trinajstić information content (AvgIpc) is 3.47. The van der Waals surface area contributed by atoms with Crippen molar-refractivity contribution in [1.29, 1.82) is 0 Å². The van der Waals surface area contributed by atoms with Gasteiger partial charge in [0, 0.05) is 30.6 Å². The summed E-state index contributed by atoms with van der Waals surface area (Å²) in [5, 5.41) is 12.5. The monoisotopic (exact) mass is 490 g/mol. The van der Waals surface area contributed by atoms with E-state index in [0.717, 1.165) is 18.5 Å². The molecule has 1 amide bonds. The molecule has 0 bridgehead atoms. The number of halogens is 1. The average molecular weight is 491 g/mol. The molecule has 1 fully saturated rings. The molecule has 1 aliphatic heterocycles. The zero-order valence-corrected chi connectivity index (χ0v) is 20.8. The highest BCUT2D eigenvalue weighted by Crippen LogP contribution is 2.34. The molecule has 1 aromatic carbocycles. The number of aliphatic hydroxyl groups excluding tert-OH is 1. The molecule has 6 nitrogen and oxygen atoms in total. The summed E-state index contributed by atoms with van der Waals surface area (Å²) in [5.74, 6) is 0.740. The molecular weight excluding hydrogens is 455 g/mol. The van der Waals surface area contributed by atoms with E-state index >= 15 is 0 Å². The first kappa shape index (κ1) is 25.1. The Bertz CT molecular complexity index is 948. The van der Waals surface area contributed by atoms with E-state index in [4.69, 9.17) is 9.47 Å². The van der Waals surface area contributed by atoms with Gasteiger partial charge in [0.15, 0.2) is 0 Å². The normalized spacial score (nSPS) is 18.9. The van der Waals surface area contributed by atoms with Crippen LogP contribution in [0.3, 0.4) is 0 Å². The minimum atomic E-state index is -0.633. The highest BCUT2D eigenvalue weighted by Gasteiger charge is 2.34. The lowest BCUT2D eigenvalue weighted by Gasteiger charge is -2.37. The summed E-state index contributed by atoms with van der Waals surface area (Å²) in [4.78, 5) is 18.8. The number of nitrogens with zero attached hydrogens (tertiary/aromatic N) is 2. The van der Waals surface area contributed by atoms with Gasteiger partial charge >= 0.3 is 0 Å². The van der Waals surface area contributed by atoms with Gasteiger partial charge in [0.1, 0.15) is 18.2 Å². The maximum atomic E-state index is 13.6. The molecule has 2 atom stereocenters. The van der Waals surface area contributed by atoms with Crippen LogP contribution in [0.4, 0.5) is 4.39 Å². The molecule has 8 heteroatoms. The van der Waals surface area contributed by atoms with Crippen LogP contribution in [-0.2, 0) is 16.0 Å². The highest BCUT2D eigenvalue weighted by molar-refractivity contribution is 7.10. The SMILES string of the molecule is CC(C)OC[C@@H](O)CN(CC(=O)N1CCc2sccc2[C@@H]1COc1cccc(F)c1)CC1CC1. The lowest BCUT2D eigenvalue weighted by atomic mass is 10.0. The van der Waals surface area contributed by atoms with Crippen LogP contribution in [0.25, 0.3) is 0 Å². The minimum absolute atomic E-state index is 0.0299. The van der Waals surface area contributed by atoms with E-state index in [2.05, 4.69) is 16.3 Å². The molecule has 0 saturated heterocycles. The fourth-order valence-corrected chi connectivity index (χ4v) is 5.34. The summed E-state index contributed by atoms with van der Waals surface area (Å²) < 4.78 is 25.1. The number of aliphatic hydroxyl groups is 1. The largest absolute Gasteiger partial charge is 0.491 e. The number of carbonyl (C=O) groups is 1. The molecule has 0 unspecified atom stereocenters. The Hall–Kier alpha value is -2.00. The maximum Gasteiger partial charge on any atom is 0.237 e. The van der Waals surface area contributed by atoms with Crippen LogP contribution >= 0.6 is 11.3 Å². The van der Waals surface area contributed by atoms with Crippen LogP contribution in [0.1, 0.15) is 43.2 Å². The second-order valence-corrected chi connectivity index (χ2v) is 10.6. The smallest absolute Gasteiger partial charge is 0.237 e. The number of ether oxygens (including phenoxy) is 2. The van der Waals surface area contributed by atoms with Crippen molar-refractivity contribution in [3.8, 4) is 5.75 Å². The van der Waals surface area contributed by atoms with E-state index in [9.17, 15) is 14.3 Å². The fourth-order valence-electron chi connectivity index (χ4n) is 4.41. The minimum Gasteiger partial charge on any atom is -0.491 e. The molecule has 2 heterocycles. The number of carbonyl (C=O) groups excluding carboxylic acids is 1. The van der Waals surface area contributed by atoms with Gasteiger partial charge in [-0.2, -0.15) is 0 Å². The Morgan fingerprint density at radius 2 is 2.15 bits per heavy atom. The van der Waals surface area contributed by atoms with Crippen molar-refractivity contribution in [2.24, 2.45) is 5.92 Å². The topological polar surface area (TPSA) is 62.2 Å². The van der Waals surface area contributed by atoms with Crippen LogP contribution < -0.4 is 4.74 Å². The van der Waals surface area contributed by atoms with Crippen molar-refractivity contribution in [3.05, 3.63) is 52.0 Å². The third-order valence-electron chi connectivity index (χ3n) is 6.28. The summed E-state index contributed by atoms with van der Waals surface area (Å²) in [7, 11) is 0. The van der Waals surface area contributed by atoms with E-state index in [0.29, 0.717) is 24.8 Å². The lowest BCUT2D eigenvalue weighted by Crippen LogP contribution is -2.48. The number of rotatable bonds is 12. The van der Waals surface area contributed by atoms with E-state index in [-0.39, 0.29) is 43.6 Å². The van der Waals surface area contributed by atoms with Crippen molar-refractivity contribution in [2.45, 2.75) is 51.4 Å². The number of benzene rings is 1. The van der Waals surface area contributed by atoms with Crippen LogP contribution in [0.5, 0.6) is 5.75 Å². The van der Waals surface area contributed by atoms with Gasteiger partial charge in [-0.25, -0.2) is 4.39 Å². The zero-order chi connectivity index (χ0) is 24.1. The van der Waals surface area contributed by atoms with Gasteiger partial charge in [-0.3, -0.25) is 9.69 Å². The fraction of sp³-hybridized carbons (Fsp3) is 0.577. The van der Waals surface area contributed by atoms with Crippen molar-refractivity contribution in [2.75, 3.05) is 39.4 Å². The summed E-state index contributed by atoms with van der Waals surface area (Å²) in [6.07, 6.45) is 2.60. The summed E-state index contributed by atoms with van der Waals surface area (Å²) in [6.45, 7) is 6.53. The van der Waals surface area contributed by atoms with Crippen LogP contribution in [-0.4, -0.2) is 72.4 Å². The number of hydrogen-bond donors (Lipinski definition) is 1. The molecule has 0 radical (unpaired) electrons. The number of fused-ring (bicyclic) bond motifs is 1. The summed E-state index contributed by atoms with van der Waals surface area (Å²) in [5.41, 5.74) is 1.11. The van der Waals surface area contributed by atoms with Gasteiger partial charge in [0.2, 0.25) is 5.91 Å². The van der Waals surface area contributed by atoms with E-state index < -0.39 is 6.10 Å². The molecule has 1 N–H and O–H groups in total. The summed E-state index contributed by atoms with van der Waals surface area (Å²) >= 11 is 1.70. The lowest BCUT2D eigenvalue weighted by molar-refractivity contribution is -0.136. The van der Waals surface area contributed by atoms with Gasteiger partial charge in [-0.15, -0.1) is 11.3 Å². The molecule has 2 aromatic rings. The molecule has 1 aliphatic carbocycles. The molecule has 4 rings (SSSR count). The predicted octanol–water partition coefficient (Wildman–Crippen LogP) is 3.89. The van der Waals surface area contributed by atoms with Gasteiger partial charge in [0.25, 0.3) is 0 Å². The van der Waals surface area contributed by atoms with Gasteiger partial charge in [0.05, 0.1) is 31.4 Å². The van der Waals surface area contributed by atoms with Crippen molar-refractivity contribution in [1.82, 2.24) is 9.80 Å². The quantitative estimate of drug-likeness (QED) is 0.489. The Labute approximate surface area is 205 Å². The van der Waals surface area contributed by atoms with E-state index in [1.54, 1.807) is 23.5 Å². The first-order valence-corrected chi connectivity index (χ1v) is 13.0. The molecule has 0 spiro atoms. The number of hydrogen-bond acceptors (Lipinski definition) is 6. The van der Waals surface area contributed by atoms with Crippen molar-refractivity contribution in [3.63, 3.8) is 0 Å². The van der Waals surface area contributed by atoms with E-state index in [1.807, 2.05) is 18.7 Å². The maximum absolute atomic E-state index is 13.6. The second-order valence-electron chi connectivity index (χ2n) is 9.59. The van der Waals surface area contributed by atoms with Crippen molar-refractivity contribution < 1.29 is 23.8 Å².